The number of hydrogen-bond donors (Lipinski definition) is 1. The highest BCUT2D eigenvalue weighted by Gasteiger charge is 2.16. The highest BCUT2D eigenvalue weighted by Crippen LogP contribution is 2.29. The van der Waals surface area contributed by atoms with E-state index in [1.165, 1.54) is 6.20 Å². The molecule has 0 aliphatic rings. The second-order valence-corrected chi connectivity index (χ2v) is 5.64. The molecule has 0 amide bonds. The summed E-state index contributed by atoms with van der Waals surface area (Å²) in [6.45, 7) is 0. The van der Waals surface area contributed by atoms with E-state index in [2.05, 4.69) is 15.2 Å². The molecule has 4 rings (SSSR count). The van der Waals surface area contributed by atoms with Crippen molar-refractivity contribution < 1.29 is 13.9 Å². The number of ether oxygens (including phenoxy) is 1. The number of benzene rings is 2. The normalized spacial score (nSPS) is 10.5. The van der Waals surface area contributed by atoms with Crippen molar-refractivity contribution in [2.24, 2.45) is 0 Å². The van der Waals surface area contributed by atoms with Gasteiger partial charge in [0.1, 0.15) is 11.6 Å². The molecule has 4 aromatic rings. The molecule has 0 aliphatic carbocycles. The molecule has 0 saturated carbocycles. The van der Waals surface area contributed by atoms with Gasteiger partial charge in [-0.15, -0.1) is 10.2 Å². The summed E-state index contributed by atoms with van der Waals surface area (Å²) in [5, 5.41) is 8.06. The summed E-state index contributed by atoms with van der Waals surface area (Å²) in [6, 6.07) is 19.6. The van der Waals surface area contributed by atoms with Gasteiger partial charge in [-0.05, 0) is 30.3 Å². The standard InChI is InChI=1S/C20H14N4O3/c21-17-16(19-24-23-18(27-19)13-7-3-1-4-8-13)11-15(12-22-17)26-20(25)14-9-5-2-6-10-14/h1-12H,(H2,21,22). The van der Waals surface area contributed by atoms with Gasteiger partial charge in [-0.1, -0.05) is 36.4 Å². The van der Waals surface area contributed by atoms with Crippen LogP contribution in [-0.4, -0.2) is 21.2 Å². The van der Waals surface area contributed by atoms with Gasteiger partial charge >= 0.3 is 5.97 Å². The fraction of sp³-hybridized carbons (Fsp3) is 0. The van der Waals surface area contributed by atoms with Crippen LogP contribution in [0.4, 0.5) is 5.82 Å². The van der Waals surface area contributed by atoms with Gasteiger partial charge < -0.3 is 14.9 Å². The lowest BCUT2D eigenvalue weighted by molar-refractivity contribution is 0.0734. The Labute approximate surface area is 154 Å². The van der Waals surface area contributed by atoms with E-state index in [9.17, 15) is 4.79 Å². The molecular weight excluding hydrogens is 344 g/mol. The van der Waals surface area contributed by atoms with Crippen LogP contribution in [0.1, 0.15) is 10.4 Å². The molecule has 2 aromatic heterocycles. The first-order chi connectivity index (χ1) is 13.2. The minimum atomic E-state index is -0.497. The molecule has 27 heavy (non-hydrogen) atoms. The summed E-state index contributed by atoms with van der Waals surface area (Å²) in [7, 11) is 0. The molecule has 0 fully saturated rings. The fourth-order valence-corrected chi connectivity index (χ4v) is 2.45. The fourth-order valence-electron chi connectivity index (χ4n) is 2.45. The molecule has 2 aromatic carbocycles. The molecule has 132 valence electrons. The first kappa shape index (κ1) is 16.5. The number of esters is 1. The van der Waals surface area contributed by atoms with Crippen LogP contribution in [0.2, 0.25) is 0 Å². The van der Waals surface area contributed by atoms with Crippen LogP contribution in [0.5, 0.6) is 5.75 Å². The monoisotopic (exact) mass is 358 g/mol. The highest BCUT2D eigenvalue weighted by atomic mass is 16.5. The summed E-state index contributed by atoms with van der Waals surface area (Å²) in [4.78, 5) is 16.3. The number of pyridine rings is 1. The lowest BCUT2D eigenvalue weighted by Gasteiger charge is -2.06. The minimum absolute atomic E-state index is 0.191. The van der Waals surface area contributed by atoms with Gasteiger partial charge in [-0.2, -0.15) is 0 Å². The third-order valence-electron chi connectivity index (χ3n) is 3.79. The van der Waals surface area contributed by atoms with Gasteiger partial charge in [0.05, 0.1) is 17.3 Å². The highest BCUT2D eigenvalue weighted by molar-refractivity contribution is 5.91. The molecule has 2 N–H and O–H groups in total. The van der Waals surface area contributed by atoms with Gasteiger partial charge in [0.25, 0.3) is 5.89 Å². The maximum Gasteiger partial charge on any atom is 0.343 e. The molecule has 2 heterocycles. The molecule has 0 saturated heterocycles. The van der Waals surface area contributed by atoms with E-state index >= 15 is 0 Å². The smallest absolute Gasteiger partial charge is 0.343 e. The maximum atomic E-state index is 12.2. The van der Waals surface area contributed by atoms with E-state index in [-0.39, 0.29) is 17.5 Å². The van der Waals surface area contributed by atoms with Gasteiger partial charge in [0.2, 0.25) is 5.89 Å². The van der Waals surface area contributed by atoms with Gasteiger partial charge in [-0.25, -0.2) is 9.78 Å². The van der Waals surface area contributed by atoms with Crippen LogP contribution in [0.3, 0.4) is 0 Å². The van der Waals surface area contributed by atoms with Crippen LogP contribution in [-0.2, 0) is 0 Å². The van der Waals surface area contributed by atoms with Gasteiger partial charge in [0, 0.05) is 5.56 Å². The molecule has 7 nitrogen and oxygen atoms in total. The zero-order chi connectivity index (χ0) is 18.6. The summed E-state index contributed by atoms with van der Waals surface area (Å²) >= 11 is 0. The number of rotatable bonds is 4. The van der Waals surface area contributed by atoms with Crippen LogP contribution in [0.15, 0.2) is 77.3 Å². The van der Waals surface area contributed by atoms with Crippen molar-refractivity contribution in [3.63, 3.8) is 0 Å². The number of nitrogens with two attached hydrogens (primary N) is 1. The Morgan fingerprint density at radius 3 is 2.33 bits per heavy atom. The van der Waals surface area contributed by atoms with E-state index < -0.39 is 5.97 Å². The molecule has 0 atom stereocenters. The van der Waals surface area contributed by atoms with E-state index in [0.29, 0.717) is 17.0 Å². The van der Waals surface area contributed by atoms with Crippen LogP contribution < -0.4 is 10.5 Å². The lowest BCUT2D eigenvalue weighted by atomic mass is 10.2. The molecule has 0 spiro atoms. The van der Waals surface area contributed by atoms with Crippen molar-refractivity contribution in [1.29, 1.82) is 0 Å². The van der Waals surface area contributed by atoms with E-state index in [0.717, 1.165) is 5.56 Å². The summed E-state index contributed by atoms with van der Waals surface area (Å²) in [5.41, 5.74) is 7.54. The first-order valence-electron chi connectivity index (χ1n) is 8.13. The summed E-state index contributed by atoms with van der Waals surface area (Å²) in [5.74, 6) is 0.474. The number of anilines is 1. The first-order valence-corrected chi connectivity index (χ1v) is 8.13. The van der Waals surface area contributed by atoms with Crippen molar-refractivity contribution in [2.75, 3.05) is 5.73 Å². The molecule has 0 unspecified atom stereocenters. The van der Waals surface area contributed by atoms with Crippen LogP contribution in [0.25, 0.3) is 22.9 Å². The van der Waals surface area contributed by atoms with Crippen molar-refractivity contribution in [3.05, 3.63) is 78.5 Å². The molecule has 0 bridgehead atoms. The summed E-state index contributed by atoms with van der Waals surface area (Å²) < 4.78 is 11.1. The van der Waals surface area contributed by atoms with Crippen molar-refractivity contribution in [2.45, 2.75) is 0 Å². The predicted molar refractivity (Wildman–Crippen MR) is 98.8 cm³/mol. The van der Waals surface area contributed by atoms with E-state index in [1.807, 2.05) is 36.4 Å². The topological polar surface area (TPSA) is 104 Å². The average molecular weight is 358 g/mol. The number of carbonyl (C=O) groups excluding carboxylic acids is 1. The van der Waals surface area contributed by atoms with Gasteiger partial charge in [0.15, 0.2) is 0 Å². The van der Waals surface area contributed by atoms with E-state index in [4.69, 9.17) is 14.9 Å². The summed E-state index contributed by atoms with van der Waals surface area (Å²) in [6.07, 6.45) is 1.37. The van der Waals surface area contributed by atoms with Crippen molar-refractivity contribution >= 4 is 11.8 Å². The Morgan fingerprint density at radius 1 is 0.926 bits per heavy atom. The molecule has 0 radical (unpaired) electrons. The third kappa shape index (κ3) is 3.52. The number of aromatic nitrogens is 3. The number of carbonyl (C=O) groups is 1. The van der Waals surface area contributed by atoms with E-state index in [1.54, 1.807) is 30.3 Å². The molecule has 7 heteroatoms. The Kier molecular flexibility index (Phi) is 4.32. The SMILES string of the molecule is Nc1ncc(OC(=O)c2ccccc2)cc1-c1nnc(-c2ccccc2)o1. The Balaban J connectivity index is 1.62. The largest absolute Gasteiger partial charge is 0.421 e. The van der Waals surface area contributed by atoms with Gasteiger partial charge in [-0.3, -0.25) is 0 Å². The van der Waals surface area contributed by atoms with Crippen molar-refractivity contribution in [3.8, 4) is 28.7 Å². The number of hydrogen-bond acceptors (Lipinski definition) is 7. The Bertz CT molecular complexity index is 1080. The number of nitrogen functional groups attached to an aromatic ring is 1. The molecule has 0 aliphatic heterocycles. The quantitative estimate of drug-likeness (QED) is 0.556. The maximum absolute atomic E-state index is 12.2. The Hall–Kier alpha value is -4.00. The second kappa shape index (κ2) is 7.09. The zero-order valence-corrected chi connectivity index (χ0v) is 14.1. The number of nitrogens with zero attached hydrogens (tertiary/aromatic N) is 3. The Morgan fingerprint density at radius 2 is 1.59 bits per heavy atom. The predicted octanol–water partition coefficient (Wildman–Crippen LogP) is 3.60. The second-order valence-electron chi connectivity index (χ2n) is 5.64. The van der Waals surface area contributed by atoms with Crippen LogP contribution in [0, 0.1) is 0 Å². The van der Waals surface area contributed by atoms with Crippen LogP contribution >= 0.6 is 0 Å². The molecular formula is C20H14N4O3. The zero-order valence-electron chi connectivity index (χ0n) is 14.1. The lowest BCUT2D eigenvalue weighted by Crippen LogP contribution is -2.09. The third-order valence-corrected chi connectivity index (χ3v) is 3.79. The minimum Gasteiger partial charge on any atom is -0.421 e. The van der Waals surface area contributed by atoms with Crippen molar-refractivity contribution in [1.82, 2.24) is 15.2 Å². The average Bonchev–Trinajstić information content (AvgIpc) is 3.21.